The minimum Gasteiger partial charge on any atom is -0.309 e. The Labute approximate surface area is 207 Å². The van der Waals surface area contributed by atoms with Gasteiger partial charge in [0, 0.05) is 32.8 Å². The summed E-state index contributed by atoms with van der Waals surface area (Å²) in [5.41, 5.74) is 8.00. The van der Waals surface area contributed by atoms with Crippen molar-refractivity contribution in [3.63, 3.8) is 0 Å². The van der Waals surface area contributed by atoms with Crippen LogP contribution in [-0.2, 0) is 0 Å². The molecule has 0 amide bonds. The van der Waals surface area contributed by atoms with Gasteiger partial charge in [-0.05, 0) is 35.7 Å². The van der Waals surface area contributed by atoms with E-state index in [1.54, 1.807) is 0 Å². The van der Waals surface area contributed by atoms with Gasteiger partial charge in [-0.1, -0.05) is 91.0 Å². The number of fused-ring (bicyclic) bond motifs is 9. The second kappa shape index (κ2) is 7.30. The summed E-state index contributed by atoms with van der Waals surface area (Å²) in [6, 6.07) is 43.3. The van der Waals surface area contributed by atoms with Crippen LogP contribution in [0.4, 0.5) is 0 Å². The van der Waals surface area contributed by atoms with Gasteiger partial charge in [-0.3, -0.25) is 4.40 Å². The molecule has 8 rings (SSSR count). The predicted molar refractivity (Wildman–Crippen MR) is 150 cm³/mol. The number of hydrogen-bond donors (Lipinski definition) is 0. The Bertz CT molecular complexity index is 2040. The molecule has 0 aliphatic rings. The Hall–Kier alpha value is -4.89. The molecule has 0 aliphatic carbocycles. The summed E-state index contributed by atoms with van der Waals surface area (Å²) >= 11 is 0. The molecule has 3 heteroatoms. The molecule has 0 bridgehead atoms. The standard InChI is InChI=1S/C33H21N3/c1-2-13-28-24(9-1)25-10-3-8-16-31(25)36-32(21-34-33(28)36)22-17-19-23(20-18-22)35-29-14-6-4-11-26(29)27-12-5-7-15-30(27)35/h1-21H. The minimum absolute atomic E-state index is 0.991. The number of pyridine rings is 1. The van der Waals surface area contributed by atoms with E-state index in [1.807, 2.05) is 6.20 Å². The number of rotatable bonds is 2. The molecule has 0 radical (unpaired) electrons. The summed E-state index contributed by atoms with van der Waals surface area (Å²) < 4.78 is 4.65. The van der Waals surface area contributed by atoms with Gasteiger partial charge in [-0.25, -0.2) is 4.98 Å². The monoisotopic (exact) mass is 459 g/mol. The number of hydrogen-bond acceptors (Lipinski definition) is 1. The van der Waals surface area contributed by atoms with E-state index in [-0.39, 0.29) is 0 Å². The van der Waals surface area contributed by atoms with Gasteiger partial charge in [-0.2, -0.15) is 0 Å². The van der Waals surface area contributed by atoms with Gasteiger partial charge in [0.1, 0.15) is 5.65 Å². The van der Waals surface area contributed by atoms with Gasteiger partial charge in [0.15, 0.2) is 0 Å². The lowest BCUT2D eigenvalue weighted by Crippen LogP contribution is -1.95. The van der Waals surface area contributed by atoms with Gasteiger partial charge < -0.3 is 4.57 Å². The molecule has 8 aromatic rings. The largest absolute Gasteiger partial charge is 0.309 e. The summed E-state index contributed by atoms with van der Waals surface area (Å²) in [7, 11) is 0. The molecule has 168 valence electrons. The zero-order chi connectivity index (χ0) is 23.6. The molecule has 0 saturated carbocycles. The van der Waals surface area contributed by atoms with Crippen LogP contribution in [0.15, 0.2) is 128 Å². The first kappa shape index (κ1) is 19.4. The average Bonchev–Trinajstić information content (AvgIpc) is 3.54. The van der Waals surface area contributed by atoms with Crippen LogP contribution < -0.4 is 0 Å². The molecular weight excluding hydrogens is 438 g/mol. The third kappa shape index (κ3) is 2.60. The lowest BCUT2D eigenvalue weighted by molar-refractivity contribution is 1.18. The molecule has 0 spiro atoms. The van der Waals surface area contributed by atoms with Crippen LogP contribution in [-0.4, -0.2) is 14.0 Å². The summed E-state index contributed by atoms with van der Waals surface area (Å²) in [5.74, 6) is 0. The van der Waals surface area contributed by atoms with Crippen LogP contribution in [0.3, 0.4) is 0 Å². The van der Waals surface area contributed by atoms with Crippen LogP contribution in [0, 0.1) is 0 Å². The van der Waals surface area contributed by atoms with Crippen LogP contribution >= 0.6 is 0 Å². The van der Waals surface area contributed by atoms with Gasteiger partial charge >= 0.3 is 0 Å². The smallest absolute Gasteiger partial charge is 0.145 e. The maximum atomic E-state index is 4.89. The molecule has 0 atom stereocenters. The first-order chi connectivity index (χ1) is 17.9. The fraction of sp³-hybridized carbons (Fsp3) is 0. The Morgan fingerprint density at radius 1 is 0.444 bits per heavy atom. The number of imidazole rings is 1. The van der Waals surface area contributed by atoms with Crippen molar-refractivity contribution in [2.75, 3.05) is 0 Å². The third-order valence-corrected chi connectivity index (χ3v) is 7.37. The minimum atomic E-state index is 0.991. The summed E-state index contributed by atoms with van der Waals surface area (Å²) in [6.45, 7) is 0. The van der Waals surface area contributed by atoms with E-state index in [9.17, 15) is 0 Å². The van der Waals surface area contributed by atoms with Gasteiger partial charge in [0.05, 0.1) is 28.4 Å². The maximum Gasteiger partial charge on any atom is 0.145 e. The zero-order valence-corrected chi connectivity index (χ0v) is 19.5. The van der Waals surface area contributed by atoms with Crippen LogP contribution in [0.2, 0.25) is 0 Å². The summed E-state index contributed by atoms with van der Waals surface area (Å²) in [6.07, 6.45) is 2.00. The van der Waals surface area contributed by atoms with Crippen LogP contribution in [0.25, 0.3) is 66.1 Å². The lowest BCUT2D eigenvalue weighted by atomic mass is 10.1. The first-order valence-electron chi connectivity index (χ1n) is 12.2. The number of benzene rings is 5. The van der Waals surface area contributed by atoms with Crippen molar-refractivity contribution in [3.8, 4) is 16.9 Å². The topological polar surface area (TPSA) is 22.2 Å². The van der Waals surface area contributed by atoms with E-state index >= 15 is 0 Å². The SMILES string of the molecule is c1ccc2c(c1)c1ccccc1n1c(-c3ccc(-n4c5ccccc5c5ccccc54)cc3)cnc21. The highest BCUT2D eigenvalue weighted by molar-refractivity contribution is 6.12. The molecule has 36 heavy (non-hydrogen) atoms. The van der Waals surface area contributed by atoms with E-state index in [2.05, 4.69) is 130 Å². The first-order valence-corrected chi connectivity index (χ1v) is 12.2. The van der Waals surface area contributed by atoms with Gasteiger partial charge in [-0.15, -0.1) is 0 Å². The molecular formula is C33H21N3. The van der Waals surface area contributed by atoms with Crippen molar-refractivity contribution in [2.24, 2.45) is 0 Å². The average molecular weight is 460 g/mol. The summed E-state index contributed by atoms with van der Waals surface area (Å²) in [5, 5.41) is 6.19. The fourth-order valence-electron chi connectivity index (χ4n) is 5.78. The Balaban J connectivity index is 1.36. The second-order valence-electron chi connectivity index (χ2n) is 9.28. The number of aromatic nitrogens is 3. The van der Waals surface area contributed by atoms with E-state index in [0.29, 0.717) is 0 Å². The molecule has 0 saturated heterocycles. The van der Waals surface area contributed by atoms with E-state index in [4.69, 9.17) is 4.98 Å². The highest BCUT2D eigenvalue weighted by Gasteiger charge is 2.15. The van der Waals surface area contributed by atoms with Crippen molar-refractivity contribution in [1.29, 1.82) is 0 Å². The van der Waals surface area contributed by atoms with E-state index in [1.165, 1.54) is 43.5 Å². The fourth-order valence-corrected chi connectivity index (χ4v) is 5.78. The quantitative estimate of drug-likeness (QED) is 0.238. The van der Waals surface area contributed by atoms with Crippen LogP contribution in [0.1, 0.15) is 0 Å². The van der Waals surface area contributed by atoms with E-state index < -0.39 is 0 Å². The molecule has 3 aromatic heterocycles. The third-order valence-electron chi connectivity index (χ3n) is 7.37. The Morgan fingerprint density at radius 3 is 1.58 bits per heavy atom. The Kier molecular flexibility index (Phi) is 3.94. The lowest BCUT2D eigenvalue weighted by Gasteiger charge is -2.12. The molecule has 0 fully saturated rings. The van der Waals surface area contributed by atoms with E-state index in [0.717, 1.165) is 22.6 Å². The molecule has 0 N–H and O–H groups in total. The van der Waals surface area contributed by atoms with Crippen molar-refractivity contribution in [3.05, 3.63) is 128 Å². The van der Waals surface area contributed by atoms with Crippen molar-refractivity contribution < 1.29 is 0 Å². The highest BCUT2D eigenvalue weighted by atomic mass is 15.0. The van der Waals surface area contributed by atoms with Crippen molar-refractivity contribution in [1.82, 2.24) is 14.0 Å². The maximum absolute atomic E-state index is 4.89. The van der Waals surface area contributed by atoms with Crippen LogP contribution in [0.5, 0.6) is 0 Å². The van der Waals surface area contributed by atoms with Gasteiger partial charge in [0.25, 0.3) is 0 Å². The molecule has 3 nitrogen and oxygen atoms in total. The molecule has 0 unspecified atom stereocenters. The molecule has 5 aromatic carbocycles. The van der Waals surface area contributed by atoms with Gasteiger partial charge in [0.2, 0.25) is 0 Å². The second-order valence-corrected chi connectivity index (χ2v) is 9.28. The number of nitrogens with zero attached hydrogens (tertiary/aromatic N) is 3. The molecule has 3 heterocycles. The molecule has 0 aliphatic heterocycles. The van der Waals surface area contributed by atoms with Crippen molar-refractivity contribution >= 4 is 49.1 Å². The highest BCUT2D eigenvalue weighted by Crippen LogP contribution is 2.35. The zero-order valence-electron chi connectivity index (χ0n) is 19.5. The number of para-hydroxylation sites is 3. The Morgan fingerprint density at radius 2 is 0.944 bits per heavy atom. The normalized spacial score (nSPS) is 11.9. The predicted octanol–water partition coefficient (Wildman–Crippen LogP) is 8.40. The summed E-state index contributed by atoms with van der Waals surface area (Å²) in [4.78, 5) is 4.89. The van der Waals surface area contributed by atoms with Crippen molar-refractivity contribution in [2.45, 2.75) is 0 Å².